The highest BCUT2D eigenvalue weighted by molar-refractivity contribution is 6.32. The SMILES string of the molecule is COc1ccc(OC[C@@H]2CCCN2)c(Cl)c1. The Bertz CT molecular complexity index is 351. The van der Waals surface area contributed by atoms with Gasteiger partial charge in [-0.05, 0) is 31.5 Å². The van der Waals surface area contributed by atoms with E-state index in [2.05, 4.69) is 5.32 Å². The molecule has 0 radical (unpaired) electrons. The van der Waals surface area contributed by atoms with Gasteiger partial charge in [-0.25, -0.2) is 0 Å². The molecule has 16 heavy (non-hydrogen) atoms. The number of methoxy groups -OCH3 is 1. The number of halogens is 1. The van der Waals surface area contributed by atoms with Gasteiger partial charge in [-0.2, -0.15) is 0 Å². The fourth-order valence-electron chi connectivity index (χ4n) is 1.81. The molecule has 2 rings (SSSR count). The van der Waals surface area contributed by atoms with Crippen LogP contribution in [0.25, 0.3) is 0 Å². The molecular weight excluding hydrogens is 226 g/mol. The monoisotopic (exact) mass is 241 g/mol. The van der Waals surface area contributed by atoms with E-state index in [-0.39, 0.29) is 0 Å². The minimum atomic E-state index is 0.457. The summed E-state index contributed by atoms with van der Waals surface area (Å²) in [5.41, 5.74) is 0. The normalized spacial score (nSPS) is 19.8. The zero-order chi connectivity index (χ0) is 11.4. The van der Waals surface area contributed by atoms with Crippen LogP contribution >= 0.6 is 11.6 Å². The molecule has 88 valence electrons. The Labute approximate surface area is 101 Å². The second-order valence-electron chi connectivity index (χ2n) is 3.90. The fourth-order valence-corrected chi connectivity index (χ4v) is 2.04. The molecular formula is C12H16ClNO2. The van der Waals surface area contributed by atoms with Gasteiger partial charge >= 0.3 is 0 Å². The Morgan fingerprint density at radius 1 is 1.50 bits per heavy atom. The molecule has 1 N–H and O–H groups in total. The molecule has 1 fully saturated rings. The molecule has 3 nitrogen and oxygen atoms in total. The first-order valence-electron chi connectivity index (χ1n) is 5.49. The van der Waals surface area contributed by atoms with Gasteiger partial charge < -0.3 is 14.8 Å². The maximum Gasteiger partial charge on any atom is 0.138 e. The Hall–Kier alpha value is -0.930. The van der Waals surface area contributed by atoms with Gasteiger partial charge in [0, 0.05) is 12.1 Å². The molecule has 0 amide bonds. The highest BCUT2D eigenvalue weighted by Crippen LogP contribution is 2.28. The van der Waals surface area contributed by atoms with Gasteiger partial charge in [0.1, 0.15) is 18.1 Å². The van der Waals surface area contributed by atoms with Crippen molar-refractivity contribution in [3.63, 3.8) is 0 Å². The molecule has 1 saturated heterocycles. The van der Waals surface area contributed by atoms with Crippen LogP contribution in [0.2, 0.25) is 5.02 Å². The summed E-state index contributed by atoms with van der Waals surface area (Å²) in [6, 6.07) is 5.91. The lowest BCUT2D eigenvalue weighted by atomic mass is 10.2. The third-order valence-electron chi connectivity index (χ3n) is 2.74. The number of hydrogen-bond donors (Lipinski definition) is 1. The van der Waals surface area contributed by atoms with E-state index in [1.54, 1.807) is 13.2 Å². The van der Waals surface area contributed by atoms with Gasteiger partial charge in [0.05, 0.1) is 12.1 Å². The molecule has 1 aromatic carbocycles. The summed E-state index contributed by atoms with van der Waals surface area (Å²) in [5, 5.41) is 3.97. The average molecular weight is 242 g/mol. The summed E-state index contributed by atoms with van der Waals surface area (Å²) in [6.45, 7) is 1.76. The quantitative estimate of drug-likeness (QED) is 0.879. The van der Waals surface area contributed by atoms with Crippen molar-refractivity contribution in [3.05, 3.63) is 23.2 Å². The van der Waals surface area contributed by atoms with E-state index in [0.717, 1.165) is 18.0 Å². The van der Waals surface area contributed by atoms with E-state index in [1.165, 1.54) is 12.8 Å². The van der Waals surface area contributed by atoms with E-state index in [9.17, 15) is 0 Å². The molecule has 0 bridgehead atoms. The first-order valence-corrected chi connectivity index (χ1v) is 5.87. The second kappa shape index (κ2) is 5.41. The van der Waals surface area contributed by atoms with Crippen LogP contribution in [-0.2, 0) is 0 Å². The van der Waals surface area contributed by atoms with Gasteiger partial charge in [0.15, 0.2) is 0 Å². The van der Waals surface area contributed by atoms with Crippen LogP contribution in [0.1, 0.15) is 12.8 Å². The van der Waals surface area contributed by atoms with Crippen molar-refractivity contribution in [3.8, 4) is 11.5 Å². The Balaban J connectivity index is 1.93. The van der Waals surface area contributed by atoms with Gasteiger partial charge in [0.2, 0.25) is 0 Å². The van der Waals surface area contributed by atoms with E-state index in [4.69, 9.17) is 21.1 Å². The number of hydrogen-bond acceptors (Lipinski definition) is 3. The summed E-state index contributed by atoms with van der Waals surface area (Å²) in [4.78, 5) is 0. The van der Waals surface area contributed by atoms with Crippen molar-refractivity contribution >= 4 is 11.6 Å². The van der Waals surface area contributed by atoms with Crippen LogP contribution in [0.15, 0.2) is 18.2 Å². The summed E-state index contributed by atoms with van der Waals surface area (Å²) in [5.74, 6) is 1.47. The van der Waals surface area contributed by atoms with Crippen LogP contribution in [0.5, 0.6) is 11.5 Å². The minimum absolute atomic E-state index is 0.457. The number of benzene rings is 1. The number of ether oxygens (including phenoxy) is 2. The maximum atomic E-state index is 6.07. The molecule has 4 heteroatoms. The zero-order valence-electron chi connectivity index (χ0n) is 9.33. The Kier molecular flexibility index (Phi) is 3.91. The molecule has 0 unspecified atom stereocenters. The lowest BCUT2D eigenvalue weighted by molar-refractivity contribution is 0.277. The number of nitrogens with one attached hydrogen (secondary N) is 1. The van der Waals surface area contributed by atoms with Crippen molar-refractivity contribution in [2.45, 2.75) is 18.9 Å². The van der Waals surface area contributed by atoms with Crippen LogP contribution in [-0.4, -0.2) is 26.3 Å². The van der Waals surface area contributed by atoms with Crippen molar-refractivity contribution in [2.24, 2.45) is 0 Å². The smallest absolute Gasteiger partial charge is 0.138 e. The third kappa shape index (κ3) is 2.80. The van der Waals surface area contributed by atoms with Crippen molar-refractivity contribution in [1.29, 1.82) is 0 Å². The molecule has 0 spiro atoms. The number of rotatable bonds is 4. The summed E-state index contributed by atoms with van der Waals surface area (Å²) < 4.78 is 10.7. The van der Waals surface area contributed by atoms with Crippen LogP contribution in [0.3, 0.4) is 0 Å². The summed E-state index contributed by atoms with van der Waals surface area (Å²) in [6.07, 6.45) is 2.40. The highest BCUT2D eigenvalue weighted by Gasteiger charge is 2.15. The highest BCUT2D eigenvalue weighted by atomic mass is 35.5. The lowest BCUT2D eigenvalue weighted by Gasteiger charge is -2.13. The van der Waals surface area contributed by atoms with E-state index in [0.29, 0.717) is 17.7 Å². The second-order valence-corrected chi connectivity index (χ2v) is 4.31. The standard InChI is InChI=1S/C12H16ClNO2/c1-15-10-4-5-12(11(13)7-10)16-8-9-3-2-6-14-9/h4-5,7,9,14H,2-3,6,8H2,1H3/t9-/m0/s1. The van der Waals surface area contributed by atoms with Crippen LogP contribution < -0.4 is 14.8 Å². The van der Waals surface area contributed by atoms with E-state index < -0.39 is 0 Å². The first-order chi connectivity index (χ1) is 7.79. The van der Waals surface area contributed by atoms with Crippen LogP contribution in [0.4, 0.5) is 0 Å². The molecule has 0 aromatic heterocycles. The van der Waals surface area contributed by atoms with Crippen LogP contribution in [0, 0.1) is 0 Å². The van der Waals surface area contributed by atoms with E-state index >= 15 is 0 Å². The summed E-state index contributed by atoms with van der Waals surface area (Å²) >= 11 is 6.07. The van der Waals surface area contributed by atoms with Crippen molar-refractivity contribution in [2.75, 3.05) is 20.3 Å². The van der Waals surface area contributed by atoms with Gasteiger partial charge in [0.25, 0.3) is 0 Å². The first kappa shape index (κ1) is 11.6. The molecule has 1 atom stereocenters. The minimum Gasteiger partial charge on any atom is -0.497 e. The molecule has 1 aliphatic heterocycles. The van der Waals surface area contributed by atoms with Crippen molar-refractivity contribution < 1.29 is 9.47 Å². The topological polar surface area (TPSA) is 30.5 Å². The average Bonchev–Trinajstić information content (AvgIpc) is 2.80. The zero-order valence-corrected chi connectivity index (χ0v) is 10.1. The van der Waals surface area contributed by atoms with E-state index in [1.807, 2.05) is 12.1 Å². The third-order valence-corrected chi connectivity index (χ3v) is 3.04. The predicted octanol–water partition coefficient (Wildman–Crippen LogP) is 2.48. The maximum absolute atomic E-state index is 6.07. The summed E-state index contributed by atoms with van der Waals surface area (Å²) in [7, 11) is 1.62. The molecule has 0 aliphatic carbocycles. The molecule has 1 heterocycles. The van der Waals surface area contributed by atoms with Gasteiger partial charge in [-0.1, -0.05) is 11.6 Å². The van der Waals surface area contributed by atoms with Crippen molar-refractivity contribution in [1.82, 2.24) is 5.32 Å². The predicted molar refractivity (Wildman–Crippen MR) is 64.5 cm³/mol. The molecule has 1 aromatic rings. The largest absolute Gasteiger partial charge is 0.497 e. The van der Waals surface area contributed by atoms with Gasteiger partial charge in [-0.3, -0.25) is 0 Å². The lowest BCUT2D eigenvalue weighted by Crippen LogP contribution is -2.28. The van der Waals surface area contributed by atoms with Gasteiger partial charge in [-0.15, -0.1) is 0 Å². The molecule has 1 aliphatic rings. The Morgan fingerprint density at radius 3 is 3.00 bits per heavy atom. The Morgan fingerprint density at radius 2 is 2.38 bits per heavy atom. The fraction of sp³-hybridized carbons (Fsp3) is 0.500. The molecule has 0 saturated carbocycles.